The Morgan fingerprint density at radius 3 is 2.50 bits per heavy atom. The number of piperidine rings is 1. The molecule has 1 saturated heterocycles. The lowest BCUT2D eigenvalue weighted by atomic mass is 10.1. The molecule has 1 aromatic carbocycles. The van der Waals surface area contributed by atoms with E-state index in [1.165, 1.54) is 6.07 Å². The number of H-pyrrole nitrogens is 1. The van der Waals surface area contributed by atoms with Gasteiger partial charge in [0.2, 0.25) is 10.0 Å². The molecule has 0 aliphatic carbocycles. The second kappa shape index (κ2) is 6.86. The molecule has 0 saturated carbocycles. The van der Waals surface area contributed by atoms with E-state index in [9.17, 15) is 13.2 Å². The Morgan fingerprint density at radius 2 is 1.88 bits per heavy atom. The number of nitrogens with zero attached hydrogens (tertiary/aromatic N) is 2. The highest BCUT2D eigenvalue weighted by Crippen LogP contribution is 2.28. The highest BCUT2D eigenvalue weighted by Gasteiger charge is 2.28. The first-order valence-electron chi connectivity index (χ1n) is 8.21. The van der Waals surface area contributed by atoms with Crippen molar-refractivity contribution in [2.45, 2.75) is 37.5 Å². The minimum atomic E-state index is -3.51. The second-order valence-corrected chi connectivity index (χ2v) is 7.85. The highest BCUT2D eigenvalue weighted by molar-refractivity contribution is 7.89. The maximum absolute atomic E-state index is 13.1. The summed E-state index contributed by atoms with van der Waals surface area (Å²) in [6, 6.07) is 8.32. The summed E-state index contributed by atoms with van der Waals surface area (Å²) < 4.78 is 27.7. The molecule has 7 heteroatoms. The second-order valence-electron chi connectivity index (χ2n) is 5.95. The van der Waals surface area contributed by atoms with E-state index in [4.69, 9.17) is 0 Å². The van der Waals surface area contributed by atoms with Crippen molar-refractivity contribution in [3.63, 3.8) is 0 Å². The number of aromatic nitrogens is 2. The van der Waals surface area contributed by atoms with E-state index in [1.54, 1.807) is 16.4 Å². The van der Waals surface area contributed by atoms with Gasteiger partial charge in [0, 0.05) is 24.7 Å². The van der Waals surface area contributed by atoms with Crippen LogP contribution < -0.4 is 5.56 Å². The molecule has 1 aromatic heterocycles. The molecule has 0 atom stereocenters. The number of hydrogen-bond donors (Lipinski definition) is 1. The smallest absolute Gasteiger partial charge is 0.264 e. The van der Waals surface area contributed by atoms with Crippen molar-refractivity contribution in [2.75, 3.05) is 13.1 Å². The molecule has 0 spiro atoms. The minimum Gasteiger partial charge on any atom is -0.268 e. The summed E-state index contributed by atoms with van der Waals surface area (Å²) in [5.41, 5.74) is 1.74. The van der Waals surface area contributed by atoms with Crippen LogP contribution in [-0.2, 0) is 16.4 Å². The molecule has 3 rings (SSSR count). The SMILES string of the molecule is CCc1ccc(-c2ccc(=O)[nH]n2)cc1S(=O)(=O)N1CCCCC1. The number of aromatic amines is 1. The van der Waals surface area contributed by atoms with E-state index in [0.29, 0.717) is 35.7 Å². The zero-order valence-corrected chi connectivity index (χ0v) is 14.5. The van der Waals surface area contributed by atoms with Gasteiger partial charge in [-0.15, -0.1) is 0 Å². The van der Waals surface area contributed by atoms with Gasteiger partial charge in [-0.3, -0.25) is 4.79 Å². The third-order valence-electron chi connectivity index (χ3n) is 4.36. The first-order valence-corrected chi connectivity index (χ1v) is 9.65. The zero-order valence-electron chi connectivity index (χ0n) is 13.7. The Balaban J connectivity index is 2.06. The average Bonchev–Trinajstić information content (AvgIpc) is 2.62. The third kappa shape index (κ3) is 3.27. The summed E-state index contributed by atoms with van der Waals surface area (Å²) in [4.78, 5) is 11.5. The van der Waals surface area contributed by atoms with Crippen molar-refractivity contribution in [1.29, 1.82) is 0 Å². The predicted molar refractivity (Wildman–Crippen MR) is 92.3 cm³/mol. The number of aryl methyl sites for hydroxylation is 1. The molecule has 6 nitrogen and oxygen atoms in total. The largest absolute Gasteiger partial charge is 0.268 e. The maximum Gasteiger partial charge on any atom is 0.264 e. The van der Waals surface area contributed by atoms with Crippen molar-refractivity contribution >= 4 is 10.0 Å². The van der Waals surface area contributed by atoms with Crippen LogP contribution in [0.1, 0.15) is 31.7 Å². The van der Waals surface area contributed by atoms with Crippen LogP contribution in [0.5, 0.6) is 0 Å². The molecule has 24 heavy (non-hydrogen) atoms. The summed E-state index contributed by atoms with van der Waals surface area (Å²) in [5.74, 6) is 0. The average molecular weight is 347 g/mol. The fourth-order valence-corrected chi connectivity index (χ4v) is 4.83. The summed E-state index contributed by atoms with van der Waals surface area (Å²) in [6.45, 7) is 3.10. The molecule has 128 valence electrons. The number of nitrogens with one attached hydrogen (secondary N) is 1. The van der Waals surface area contributed by atoms with Gasteiger partial charge in [0.1, 0.15) is 0 Å². The van der Waals surface area contributed by atoms with E-state index in [-0.39, 0.29) is 5.56 Å². The number of rotatable bonds is 4. The monoisotopic (exact) mass is 347 g/mol. The van der Waals surface area contributed by atoms with Gasteiger partial charge >= 0.3 is 0 Å². The molecule has 2 heterocycles. The predicted octanol–water partition coefficient (Wildman–Crippen LogP) is 2.17. The summed E-state index contributed by atoms with van der Waals surface area (Å²) in [7, 11) is -3.51. The van der Waals surface area contributed by atoms with Gasteiger partial charge in [-0.1, -0.05) is 25.5 Å². The van der Waals surface area contributed by atoms with Crippen LogP contribution in [-0.4, -0.2) is 36.0 Å². The minimum absolute atomic E-state index is 0.287. The van der Waals surface area contributed by atoms with Crippen molar-refractivity contribution < 1.29 is 8.42 Å². The fourth-order valence-electron chi connectivity index (χ4n) is 3.00. The Hall–Kier alpha value is -1.99. The first-order chi connectivity index (χ1) is 11.5. The molecular formula is C17H21N3O3S. The fraction of sp³-hybridized carbons (Fsp3) is 0.412. The topological polar surface area (TPSA) is 83.1 Å². The molecule has 1 N–H and O–H groups in total. The van der Waals surface area contributed by atoms with Gasteiger partial charge in [-0.25, -0.2) is 13.5 Å². The molecule has 0 amide bonds. The lowest BCUT2D eigenvalue weighted by Gasteiger charge is -2.27. The Labute approximate surface area is 141 Å². The quantitative estimate of drug-likeness (QED) is 0.919. The molecule has 1 aliphatic rings. The zero-order chi connectivity index (χ0) is 17.2. The van der Waals surface area contributed by atoms with Gasteiger partial charge in [0.15, 0.2) is 0 Å². The van der Waals surface area contributed by atoms with Crippen LogP contribution in [0, 0.1) is 0 Å². The number of benzene rings is 1. The normalized spacial score (nSPS) is 16.2. The van der Waals surface area contributed by atoms with Crippen LogP contribution in [0.3, 0.4) is 0 Å². The van der Waals surface area contributed by atoms with Crippen molar-refractivity contribution in [3.05, 3.63) is 46.2 Å². The molecule has 2 aromatic rings. The van der Waals surface area contributed by atoms with Gasteiger partial charge in [0.25, 0.3) is 5.56 Å². The molecule has 1 aliphatic heterocycles. The van der Waals surface area contributed by atoms with Crippen LogP contribution in [0.2, 0.25) is 0 Å². The van der Waals surface area contributed by atoms with E-state index < -0.39 is 10.0 Å². The van der Waals surface area contributed by atoms with E-state index in [0.717, 1.165) is 24.8 Å². The maximum atomic E-state index is 13.1. The van der Waals surface area contributed by atoms with E-state index in [1.807, 2.05) is 19.1 Å². The lowest BCUT2D eigenvalue weighted by molar-refractivity contribution is 0.346. The number of sulfonamides is 1. The Kier molecular flexibility index (Phi) is 4.82. The standard InChI is InChI=1S/C17H21N3O3S/c1-2-13-6-7-14(15-8-9-17(21)19-18-15)12-16(13)24(22,23)20-10-4-3-5-11-20/h6-9,12H,2-5,10-11H2,1H3,(H,19,21). The van der Waals surface area contributed by atoms with E-state index >= 15 is 0 Å². The highest BCUT2D eigenvalue weighted by atomic mass is 32.2. The van der Waals surface area contributed by atoms with Crippen LogP contribution in [0.25, 0.3) is 11.3 Å². The molecule has 0 unspecified atom stereocenters. The molecule has 0 bridgehead atoms. The van der Waals surface area contributed by atoms with Gasteiger partial charge in [-0.2, -0.15) is 9.40 Å². The van der Waals surface area contributed by atoms with Crippen LogP contribution in [0.4, 0.5) is 0 Å². The van der Waals surface area contributed by atoms with Crippen molar-refractivity contribution in [3.8, 4) is 11.3 Å². The lowest BCUT2D eigenvalue weighted by Crippen LogP contribution is -2.36. The van der Waals surface area contributed by atoms with Crippen LogP contribution >= 0.6 is 0 Å². The van der Waals surface area contributed by atoms with Crippen LogP contribution in [0.15, 0.2) is 40.0 Å². The third-order valence-corrected chi connectivity index (χ3v) is 6.34. The number of hydrogen-bond acceptors (Lipinski definition) is 4. The molecule has 0 radical (unpaired) electrons. The van der Waals surface area contributed by atoms with Crippen molar-refractivity contribution in [1.82, 2.24) is 14.5 Å². The van der Waals surface area contributed by atoms with Crippen molar-refractivity contribution in [2.24, 2.45) is 0 Å². The summed E-state index contributed by atoms with van der Waals surface area (Å²) in [6.07, 6.45) is 3.53. The summed E-state index contributed by atoms with van der Waals surface area (Å²) in [5, 5.41) is 6.38. The van der Waals surface area contributed by atoms with Gasteiger partial charge < -0.3 is 0 Å². The Bertz CT molecular complexity index is 864. The molecular weight excluding hydrogens is 326 g/mol. The van der Waals surface area contributed by atoms with Gasteiger partial charge in [-0.05, 0) is 37.0 Å². The first kappa shape index (κ1) is 16.9. The van der Waals surface area contributed by atoms with Gasteiger partial charge in [0.05, 0.1) is 10.6 Å². The Morgan fingerprint density at radius 1 is 1.12 bits per heavy atom. The van der Waals surface area contributed by atoms with E-state index in [2.05, 4.69) is 10.2 Å². The molecule has 1 fully saturated rings. The summed E-state index contributed by atoms with van der Waals surface area (Å²) >= 11 is 0.